The number of nitrogens with zero attached hydrogens (tertiary/aromatic N) is 1. The Hall–Kier alpha value is -1.97. The minimum atomic E-state index is -3.76. The van der Waals surface area contributed by atoms with Crippen LogP contribution in [0, 0.1) is 12.8 Å². The highest BCUT2D eigenvalue weighted by Gasteiger charge is 2.29. The highest BCUT2D eigenvalue weighted by molar-refractivity contribution is 7.89. The fourth-order valence-corrected chi connectivity index (χ4v) is 4.54. The second-order valence-corrected chi connectivity index (χ2v) is 8.90. The van der Waals surface area contributed by atoms with Gasteiger partial charge in [0.15, 0.2) is 0 Å². The number of rotatable bonds is 7. The van der Waals surface area contributed by atoms with Crippen LogP contribution >= 0.6 is 0 Å². The standard InChI is InChI=1S/C18H26N2O6S/c1-12(2)10-15(18(22)23)19-17(21)14-5-4-13(3)16(11-14)27(24,25)20-6-8-26-9-7-20/h4-5,11-12,15H,6-10H2,1-3H3,(H,19,21)(H,22,23). The van der Waals surface area contributed by atoms with E-state index in [1.54, 1.807) is 13.0 Å². The molecular formula is C18H26N2O6S. The molecule has 1 heterocycles. The highest BCUT2D eigenvalue weighted by atomic mass is 32.2. The van der Waals surface area contributed by atoms with Gasteiger partial charge in [0.25, 0.3) is 5.91 Å². The Morgan fingerprint density at radius 1 is 1.26 bits per heavy atom. The van der Waals surface area contributed by atoms with Crippen LogP contribution in [0.3, 0.4) is 0 Å². The summed E-state index contributed by atoms with van der Waals surface area (Å²) in [6.45, 7) is 6.55. The van der Waals surface area contributed by atoms with Crippen LogP contribution in [0.5, 0.6) is 0 Å². The molecule has 1 atom stereocenters. The predicted octanol–water partition coefficient (Wildman–Crippen LogP) is 1.25. The van der Waals surface area contributed by atoms with Crippen LogP contribution in [0.4, 0.5) is 0 Å². The lowest BCUT2D eigenvalue weighted by molar-refractivity contribution is -0.139. The first-order valence-electron chi connectivity index (χ1n) is 8.85. The van der Waals surface area contributed by atoms with Crippen molar-refractivity contribution in [3.63, 3.8) is 0 Å². The topological polar surface area (TPSA) is 113 Å². The zero-order chi connectivity index (χ0) is 20.2. The van der Waals surface area contributed by atoms with Gasteiger partial charge in [0.1, 0.15) is 6.04 Å². The van der Waals surface area contributed by atoms with Crippen molar-refractivity contribution in [3.8, 4) is 0 Å². The van der Waals surface area contributed by atoms with Gasteiger partial charge in [-0.2, -0.15) is 4.31 Å². The van der Waals surface area contributed by atoms with Gasteiger partial charge in [0.2, 0.25) is 10.0 Å². The number of carbonyl (C=O) groups is 2. The molecular weight excluding hydrogens is 372 g/mol. The molecule has 1 unspecified atom stereocenters. The smallest absolute Gasteiger partial charge is 0.326 e. The zero-order valence-corrected chi connectivity index (χ0v) is 16.6. The number of hydrogen-bond acceptors (Lipinski definition) is 5. The number of carboxylic acid groups (broad SMARTS) is 1. The molecule has 1 fully saturated rings. The van der Waals surface area contributed by atoms with E-state index in [0.29, 0.717) is 18.8 Å². The molecule has 9 heteroatoms. The van der Waals surface area contributed by atoms with Crippen molar-refractivity contribution < 1.29 is 27.9 Å². The van der Waals surface area contributed by atoms with E-state index < -0.39 is 27.9 Å². The van der Waals surface area contributed by atoms with E-state index in [-0.39, 0.29) is 35.9 Å². The lowest BCUT2D eigenvalue weighted by Gasteiger charge is -2.27. The monoisotopic (exact) mass is 398 g/mol. The van der Waals surface area contributed by atoms with Crippen LogP contribution in [0.15, 0.2) is 23.1 Å². The van der Waals surface area contributed by atoms with Gasteiger partial charge >= 0.3 is 5.97 Å². The number of benzene rings is 1. The third-order valence-corrected chi connectivity index (χ3v) is 6.39. The van der Waals surface area contributed by atoms with Crippen molar-refractivity contribution in [3.05, 3.63) is 29.3 Å². The van der Waals surface area contributed by atoms with Crippen LogP contribution in [-0.4, -0.2) is 62.1 Å². The molecule has 0 aromatic heterocycles. The Labute approximate surface area is 159 Å². The predicted molar refractivity (Wildman–Crippen MR) is 99.1 cm³/mol. The van der Waals surface area contributed by atoms with Gasteiger partial charge in [0, 0.05) is 18.7 Å². The molecule has 8 nitrogen and oxygen atoms in total. The number of amides is 1. The lowest BCUT2D eigenvalue weighted by Crippen LogP contribution is -2.42. The summed E-state index contributed by atoms with van der Waals surface area (Å²) in [7, 11) is -3.76. The van der Waals surface area contributed by atoms with E-state index >= 15 is 0 Å². The van der Waals surface area contributed by atoms with E-state index in [9.17, 15) is 23.1 Å². The maximum absolute atomic E-state index is 12.9. The van der Waals surface area contributed by atoms with Crippen molar-refractivity contribution in [2.45, 2.75) is 38.1 Å². The summed E-state index contributed by atoms with van der Waals surface area (Å²) < 4.78 is 32.3. The minimum absolute atomic E-state index is 0.0489. The molecule has 0 saturated carbocycles. The number of aryl methyl sites for hydroxylation is 1. The first kappa shape index (κ1) is 21.3. The summed E-state index contributed by atoms with van der Waals surface area (Å²) in [5.41, 5.74) is 0.637. The molecule has 1 aromatic carbocycles. The Kier molecular flexibility index (Phi) is 6.96. The summed E-state index contributed by atoms with van der Waals surface area (Å²) in [5, 5.41) is 11.8. The second-order valence-electron chi connectivity index (χ2n) is 6.99. The van der Waals surface area contributed by atoms with Gasteiger partial charge in [-0.15, -0.1) is 0 Å². The van der Waals surface area contributed by atoms with Crippen LogP contribution in [-0.2, 0) is 19.6 Å². The number of carbonyl (C=O) groups excluding carboxylic acids is 1. The maximum atomic E-state index is 12.9. The number of morpholine rings is 1. The first-order valence-corrected chi connectivity index (χ1v) is 10.3. The number of aliphatic carboxylic acids is 1. The fraction of sp³-hybridized carbons (Fsp3) is 0.556. The molecule has 2 rings (SSSR count). The highest BCUT2D eigenvalue weighted by Crippen LogP contribution is 2.22. The Morgan fingerprint density at radius 3 is 2.44 bits per heavy atom. The van der Waals surface area contributed by atoms with Gasteiger partial charge in [-0.05, 0) is 37.0 Å². The largest absolute Gasteiger partial charge is 0.480 e. The molecule has 0 radical (unpaired) electrons. The molecule has 2 N–H and O–H groups in total. The lowest BCUT2D eigenvalue weighted by atomic mass is 10.0. The van der Waals surface area contributed by atoms with Crippen molar-refractivity contribution in [2.75, 3.05) is 26.3 Å². The van der Waals surface area contributed by atoms with Gasteiger partial charge in [-0.3, -0.25) is 4.79 Å². The van der Waals surface area contributed by atoms with Crippen LogP contribution < -0.4 is 5.32 Å². The average molecular weight is 398 g/mol. The Bertz CT molecular complexity index is 800. The summed E-state index contributed by atoms with van der Waals surface area (Å²) in [4.78, 5) is 23.9. The third-order valence-electron chi connectivity index (χ3n) is 4.35. The molecule has 1 saturated heterocycles. The van der Waals surface area contributed by atoms with Crippen molar-refractivity contribution in [1.82, 2.24) is 9.62 Å². The van der Waals surface area contributed by atoms with E-state index in [2.05, 4.69) is 5.32 Å². The van der Waals surface area contributed by atoms with Crippen LogP contribution in [0.25, 0.3) is 0 Å². The van der Waals surface area contributed by atoms with Gasteiger partial charge in [0.05, 0.1) is 18.1 Å². The van der Waals surface area contributed by atoms with Crippen molar-refractivity contribution in [1.29, 1.82) is 0 Å². The molecule has 1 aliphatic rings. The zero-order valence-electron chi connectivity index (χ0n) is 15.8. The van der Waals surface area contributed by atoms with Crippen molar-refractivity contribution in [2.24, 2.45) is 5.92 Å². The number of nitrogens with one attached hydrogen (secondary N) is 1. The average Bonchev–Trinajstić information content (AvgIpc) is 2.61. The van der Waals surface area contributed by atoms with Crippen LogP contribution in [0.1, 0.15) is 36.2 Å². The van der Waals surface area contributed by atoms with Gasteiger partial charge in [-0.1, -0.05) is 19.9 Å². The Morgan fingerprint density at radius 2 is 1.89 bits per heavy atom. The summed E-state index contributed by atoms with van der Waals surface area (Å²) in [6, 6.07) is 3.33. The molecule has 1 aliphatic heterocycles. The van der Waals surface area contributed by atoms with E-state index in [0.717, 1.165) is 0 Å². The maximum Gasteiger partial charge on any atom is 0.326 e. The number of sulfonamides is 1. The molecule has 0 aliphatic carbocycles. The SMILES string of the molecule is Cc1ccc(C(=O)NC(CC(C)C)C(=O)O)cc1S(=O)(=O)N1CCOCC1. The Balaban J connectivity index is 2.28. The summed E-state index contributed by atoms with van der Waals surface area (Å²) in [5.74, 6) is -1.64. The number of hydrogen-bond donors (Lipinski definition) is 2. The molecule has 1 amide bonds. The first-order chi connectivity index (χ1) is 12.6. The molecule has 0 spiro atoms. The summed E-state index contributed by atoms with van der Waals surface area (Å²) >= 11 is 0. The third kappa shape index (κ3) is 5.27. The van der Waals surface area contributed by atoms with Gasteiger partial charge in [-0.25, -0.2) is 13.2 Å². The fourth-order valence-electron chi connectivity index (χ4n) is 2.88. The number of ether oxygens (including phenoxy) is 1. The van der Waals surface area contributed by atoms with Gasteiger partial charge < -0.3 is 15.2 Å². The number of carboxylic acids is 1. The van der Waals surface area contributed by atoms with E-state index in [1.165, 1.54) is 16.4 Å². The molecule has 27 heavy (non-hydrogen) atoms. The summed E-state index contributed by atoms with van der Waals surface area (Å²) in [6.07, 6.45) is 0.284. The van der Waals surface area contributed by atoms with Crippen molar-refractivity contribution >= 4 is 21.9 Å². The van der Waals surface area contributed by atoms with Crippen LogP contribution in [0.2, 0.25) is 0 Å². The second kappa shape index (κ2) is 8.81. The minimum Gasteiger partial charge on any atom is -0.480 e. The molecule has 0 bridgehead atoms. The normalized spacial score (nSPS) is 16.9. The molecule has 150 valence electrons. The molecule has 1 aromatic rings. The van der Waals surface area contributed by atoms with E-state index in [4.69, 9.17) is 4.74 Å². The van der Waals surface area contributed by atoms with E-state index in [1.807, 2.05) is 13.8 Å². The quantitative estimate of drug-likeness (QED) is 0.715.